The van der Waals surface area contributed by atoms with Gasteiger partial charge in [0, 0.05) is 24.3 Å². The van der Waals surface area contributed by atoms with Crippen LogP contribution in [0.3, 0.4) is 0 Å². The first-order valence-electron chi connectivity index (χ1n) is 7.35. The van der Waals surface area contributed by atoms with Gasteiger partial charge in [0.2, 0.25) is 0 Å². The van der Waals surface area contributed by atoms with Crippen LogP contribution in [0, 0.1) is 0 Å². The molecule has 114 valence electrons. The molecule has 1 aliphatic heterocycles. The van der Waals surface area contributed by atoms with Gasteiger partial charge in [-0.1, -0.05) is 12.1 Å². The number of aliphatic hydroxyl groups excluding tert-OH is 2. The Bertz CT molecular complexity index is 576. The second-order valence-electron chi connectivity index (χ2n) is 5.55. The molecular weight excluding hydrogens is 286 g/mol. The first-order valence-corrected chi connectivity index (χ1v) is 8.23. The third kappa shape index (κ3) is 3.81. The van der Waals surface area contributed by atoms with Crippen LogP contribution < -0.4 is 0 Å². The van der Waals surface area contributed by atoms with Crippen molar-refractivity contribution in [3.8, 4) is 0 Å². The van der Waals surface area contributed by atoms with Crippen molar-refractivity contribution in [2.24, 2.45) is 0 Å². The molecule has 1 aromatic carbocycles. The van der Waals surface area contributed by atoms with E-state index in [4.69, 9.17) is 4.74 Å². The standard InChI is InChI=1S/C16H21NO3S/c18-14-10-17(11-15(14)19)5-7-20-6-3-12-1-2-16-13(9-12)4-8-21-16/h1-2,4,8-9,14-15,18-19H,3,5-7,10-11H2/t14-,15-/m1/s1. The Labute approximate surface area is 128 Å². The van der Waals surface area contributed by atoms with Crippen molar-refractivity contribution in [1.29, 1.82) is 0 Å². The number of fused-ring (bicyclic) bond motifs is 1. The highest BCUT2D eigenvalue weighted by atomic mass is 32.1. The smallest absolute Gasteiger partial charge is 0.0938 e. The molecule has 21 heavy (non-hydrogen) atoms. The van der Waals surface area contributed by atoms with E-state index in [-0.39, 0.29) is 0 Å². The van der Waals surface area contributed by atoms with E-state index >= 15 is 0 Å². The summed E-state index contributed by atoms with van der Waals surface area (Å²) in [5.41, 5.74) is 1.30. The van der Waals surface area contributed by atoms with E-state index in [0.29, 0.717) is 26.3 Å². The molecule has 5 heteroatoms. The van der Waals surface area contributed by atoms with Gasteiger partial charge in [-0.05, 0) is 34.9 Å². The highest BCUT2D eigenvalue weighted by Gasteiger charge is 2.28. The number of hydrogen-bond donors (Lipinski definition) is 2. The lowest BCUT2D eigenvalue weighted by molar-refractivity contribution is 0.0572. The van der Waals surface area contributed by atoms with Gasteiger partial charge in [0.15, 0.2) is 0 Å². The SMILES string of the molecule is O[C@@H]1CN(CCOCCc2ccc3sccc3c2)C[C@H]1O. The Morgan fingerprint density at radius 1 is 1.14 bits per heavy atom. The number of likely N-dealkylation sites (tertiary alicyclic amines) is 1. The molecule has 1 aliphatic rings. The van der Waals surface area contributed by atoms with E-state index in [1.54, 1.807) is 11.3 Å². The molecule has 0 bridgehead atoms. The number of nitrogens with zero attached hydrogens (tertiary/aromatic N) is 1. The summed E-state index contributed by atoms with van der Waals surface area (Å²) in [6.45, 7) is 3.19. The summed E-state index contributed by atoms with van der Waals surface area (Å²) in [5, 5.41) is 22.3. The molecule has 1 aromatic heterocycles. The lowest BCUT2D eigenvalue weighted by atomic mass is 10.1. The molecule has 1 fully saturated rings. The van der Waals surface area contributed by atoms with Crippen molar-refractivity contribution in [3.05, 3.63) is 35.2 Å². The molecule has 0 unspecified atom stereocenters. The van der Waals surface area contributed by atoms with Gasteiger partial charge in [0.05, 0.1) is 25.4 Å². The Hall–Kier alpha value is -0.980. The second-order valence-corrected chi connectivity index (χ2v) is 6.50. The summed E-state index contributed by atoms with van der Waals surface area (Å²) < 4.78 is 6.99. The van der Waals surface area contributed by atoms with Crippen LogP contribution in [0.1, 0.15) is 5.56 Å². The monoisotopic (exact) mass is 307 g/mol. The molecule has 0 amide bonds. The van der Waals surface area contributed by atoms with Crippen LogP contribution in [0.2, 0.25) is 0 Å². The third-order valence-corrected chi connectivity index (χ3v) is 4.84. The second kappa shape index (κ2) is 6.85. The van der Waals surface area contributed by atoms with Crippen LogP contribution in [-0.2, 0) is 11.2 Å². The van der Waals surface area contributed by atoms with Gasteiger partial charge in [-0.25, -0.2) is 0 Å². The van der Waals surface area contributed by atoms with Crippen molar-refractivity contribution in [2.45, 2.75) is 18.6 Å². The van der Waals surface area contributed by atoms with Crippen LogP contribution in [-0.4, -0.2) is 60.2 Å². The number of aliphatic hydroxyl groups is 2. The molecule has 2 aromatic rings. The highest BCUT2D eigenvalue weighted by Crippen LogP contribution is 2.21. The zero-order valence-corrected chi connectivity index (χ0v) is 12.8. The van der Waals surface area contributed by atoms with Gasteiger partial charge in [-0.15, -0.1) is 11.3 Å². The molecule has 2 atom stereocenters. The van der Waals surface area contributed by atoms with Crippen LogP contribution in [0.4, 0.5) is 0 Å². The maximum Gasteiger partial charge on any atom is 0.0938 e. The summed E-state index contributed by atoms with van der Waals surface area (Å²) >= 11 is 1.76. The molecule has 4 nitrogen and oxygen atoms in total. The molecule has 2 N–H and O–H groups in total. The first-order chi connectivity index (χ1) is 10.2. The fraction of sp³-hybridized carbons (Fsp3) is 0.500. The van der Waals surface area contributed by atoms with E-state index < -0.39 is 12.2 Å². The number of β-amino-alcohol motifs (C(OH)–C–C–N with tert-alkyl or cyclic N) is 2. The van der Waals surface area contributed by atoms with Crippen LogP contribution in [0.5, 0.6) is 0 Å². The molecular formula is C16H21NO3S. The fourth-order valence-corrected chi connectivity index (χ4v) is 3.46. The predicted octanol–water partition coefficient (Wildman–Crippen LogP) is 1.50. The maximum atomic E-state index is 9.46. The van der Waals surface area contributed by atoms with Gasteiger partial charge in [-0.3, -0.25) is 4.90 Å². The number of rotatable bonds is 6. The van der Waals surface area contributed by atoms with E-state index in [1.165, 1.54) is 15.6 Å². The lowest BCUT2D eigenvalue weighted by Crippen LogP contribution is -2.26. The summed E-state index contributed by atoms with van der Waals surface area (Å²) in [6.07, 6.45) is -0.304. The molecule has 3 rings (SSSR count). The number of ether oxygens (including phenoxy) is 1. The maximum absolute atomic E-state index is 9.46. The number of thiophene rings is 1. The van der Waals surface area contributed by atoms with Crippen molar-refractivity contribution >= 4 is 21.4 Å². The molecule has 0 spiro atoms. The molecule has 0 aliphatic carbocycles. The molecule has 1 saturated heterocycles. The minimum absolute atomic E-state index is 0.541. The number of benzene rings is 1. The van der Waals surface area contributed by atoms with E-state index in [1.807, 2.05) is 4.90 Å². The van der Waals surface area contributed by atoms with Crippen molar-refractivity contribution < 1.29 is 14.9 Å². The Kier molecular flexibility index (Phi) is 4.87. The normalized spacial score (nSPS) is 23.1. The summed E-state index contributed by atoms with van der Waals surface area (Å²) in [4.78, 5) is 2.03. The highest BCUT2D eigenvalue weighted by molar-refractivity contribution is 7.17. The van der Waals surface area contributed by atoms with E-state index in [2.05, 4.69) is 29.6 Å². The zero-order valence-electron chi connectivity index (χ0n) is 11.9. The van der Waals surface area contributed by atoms with E-state index in [9.17, 15) is 10.2 Å². The largest absolute Gasteiger partial charge is 0.389 e. The summed E-state index contributed by atoms with van der Waals surface area (Å²) in [5.74, 6) is 0. The third-order valence-electron chi connectivity index (χ3n) is 3.94. The Balaban J connectivity index is 1.36. The summed E-state index contributed by atoms with van der Waals surface area (Å²) in [7, 11) is 0. The zero-order chi connectivity index (χ0) is 14.7. The molecule has 0 saturated carbocycles. The minimum Gasteiger partial charge on any atom is -0.389 e. The topological polar surface area (TPSA) is 52.9 Å². The van der Waals surface area contributed by atoms with Crippen molar-refractivity contribution in [3.63, 3.8) is 0 Å². The van der Waals surface area contributed by atoms with Gasteiger partial charge in [0.25, 0.3) is 0 Å². The van der Waals surface area contributed by atoms with Gasteiger partial charge < -0.3 is 14.9 Å². The Morgan fingerprint density at radius 2 is 1.95 bits per heavy atom. The molecule has 0 radical (unpaired) electrons. The number of hydrogen-bond acceptors (Lipinski definition) is 5. The average Bonchev–Trinajstić information content (AvgIpc) is 3.05. The van der Waals surface area contributed by atoms with E-state index in [0.717, 1.165) is 13.0 Å². The fourth-order valence-electron chi connectivity index (χ4n) is 2.69. The van der Waals surface area contributed by atoms with Crippen LogP contribution in [0.15, 0.2) is 29.6 Å². The lowest BCUT2D eigenvalue weighted by Gasteiger charge is -2.14. The molecule has 2 heterocycles. The van der Waals surface area contributed by atoms with Crippen LogP contribution in [0.25, 0.3) is 10.1 Å². The van der Waals surface area contributed by atoms with Crippen LogP contribution >= 0.6 is 11.3 Å². The first kappa shape index (κ1) is 14.9. The van der Waals surface area contributed by atoms with Crippen molar-refractivity contribution in [1.82, 2.24) is 4.90 Å². The van der Waals surface area contributed by atoms with Crippen molar-refractivity contribution in [2.75, 3.05) is 32.8 Å². The Morgan fingerprint density at radius 3 is 2.76 bits per heavy atom. The average molecular weight is 307 g/mol. The summed E-state index contributed by atoms with van der Waals surface area (Å²) in [6, 6.07) is 8.70. The minimum atomic E-state index is -0.609. The van der Waals surface area contributed by atoms with Gasteiger partial charge >= 0.3 is 0 Å². The quantitative estimate of drug-likeness (QED) is 0.794. The predicted molar refractivity (Wildman–Crippen MR) is 84.8 cm³/mol. The van der Waals surface area contributed by atoms with Gasteiger partial charge in [-0.2, -0.15) is 0 Å². The van der Waals surface area contributed by atoms with Gasteiger partial charge in [0.1, 0.15) is 0 Å².